The first-order valence-electron chi connectivity index (χ1n) is 9.61. The van der Waals surface area contributed by atoms with E-state index in [-0.39, 0.29) is 23.9 Å². The number of carbonyl (C=O) groups is 2. The number of fused-ring (bicyclic) bond motifs is 2. The van der Waals surface area contributed by atoms with Crippen LogP contribution < -0.4 is 5.32 Å². The van der Waals surface area contributed by atoms with Gasteiger partial charge in [-0.05, 0) is 43.7 Å². The molecule has 0 spiro atoms. The van der Waals surface area contributed by atoms with Gasteiger partial charge in [-0.15, -0.1) is 0 Å². The van der Waals surface area contributed by atoms with Gasteiger partial charge >= 0.3 is 0 Å². The lowest BCUT2D eigenvalue weighted by Gasteiger charge is -2.22. The van der Waals surface area contributed by atoms with Crippen LogP contribution in [0, 0.1) is 13.8 Å². The smallest absolute Gasteiger partial charge is 0.226 e. The maximum absolute atomic E-state index is 13.4. The summed E-state index contributed by atoms with van der Waals surface area (Å²) >= 11 is 6.29. The van der Waals surface area contributed by atoms with E-state index in [1.807, 2.05) is 50.2 Å². The Hall–Kier alpha value is -3.38. The van der Waals surface area contributed by atoms with Crippen LogP contribution in [0.4, 0.5) is 5.82 Å². The largest absolute Gasteiger partial charge is 0.453 e. The number of halogens is 1. The van der Waals surface area contributed by atoms with Gasteiger partial charge in [0.2, 0.25) is 11.7 Å². The Kier molecular flexibility index (Phi) is 4.25. The van der Waals surface area contributed by atoms with E-state index in [1.54, 1.807) is 16.8 Å². The highest BCUT2D eigenvalue weighted by molar-refractivity contribution is 6.31. The number of hydrogen-bond donors (Lipinski definition) is 1. The summed E-state index contributed by atoms with van der Waals surface area (Å²) in [6.07, 6.45) is 0.0456. The van der Waals surface area contributed by atoms with Crippen molar-refractivity contribution in [1.29, 1.82) is 0 Å². The van der Waals surface area contributed by atoms with Crippen molar-refractivity contribution in [2.75, 3.05) is 5.32 Å². The summed E-state index contributed by atoms with van der Waals surface area (Å²) in [4.78, 5) is 25.9. The predicted octanol–water partition coefficient (Wildman–Crippen LogP) is 5.20. The summed E-state index contributed by atoms with van der Waals surface area (Å²) in [5, 5.41) is 8.97. The van der Waals surface area contributed by atoms with Crippen molar-refractivity contribution >= 4 is 40.1 Å². The molecule has 3 heterocycles. The Bertz CT molecular complexity index is 1300. The molecule has 0 saturated carbocycles. The number of para-hydroxylation sites is 1. The maximum atomic E-state index is 13.4. The third-order valence-corrected chi connectivity index (χ3v) is 5.96. The van der Waals surface area contributed by atoms with Crippen molar-refractivity contribution in [3.8, 4) is 5.69 Å². The zero-order chi connectivity index (χ0) is 21.0. The number of furan rings is 1. The number of benzene rings is 2. The molecule has 0 fully saturated rings. The van der Waals surface area contributed by atoms with Crippen LogP contribution in [0.25, 0.3) is 16.7 Å². The van der Waals surface area contributed by atoms with Crippen LogP contribution in [0.5, 0.6) is 0 Å². The van der Waals surface area contributed by atoms with Gasteiger partial charge in [-0.3, -0.25) is 9.59 Å². The molecule has 0 aliphatic carbocycles. The maximum Gasteiger partial charge on any atom is 0.226 e. The minimum Gasteiger partial charge on any atom is -0.453 e. The van der Waals surface area contributed by atoms with Gasteiger partial charge in [0.05, 0.1) is 17.3 Å². The summed E-state index contributed by atoms with van der Waals surface area (Å²) in [6, 6.07) is 14.7. The number of ketones is 1. The molecule has 0 saturated heterocycles. The fraction of sp³-hybridized carbons (Fsp3) is 0.174. The minimum atomic E-state index is -0.664. The van der Waals surface area contributed by atoms with Crippen LogP contribution in [0.1, 0.15) is 39.7 Å². The van der Waals surface area contributed by atoms with E-state index in [2.05, 4.69) is 10.4 Å². The molecule has 5 rings (SSSR count). The Balaban J connectivity index is 1.64. The van der Waals surface area contributed by atoms with Crippen LogP contribution in [0.3, 0.4) is 0 Å². The van der Waals surface area contributed by atoms with Gasteiger partial charge in [0.15, 0.2) is 5.76 Å². The number of nitrogens with zero attached hydrogens (tertiary/aromatic N) is 2. The van der Waals surface area contributed by atoms with E-state index in [9.17, 15) is 9.59 Å². The average molecular weight is 420 g/mol. The van der Waals surface area contributed by atoms with E-state index < -0.39 is 5.92 Å². The number of nitrogens with one attached hydrogen (secondary N) is 1. The van der Waals surface area contributed by atoms with E-state index in [0.29, 0.717) is 27.7 Å². The Morgan fingerprint density at radius 1 is 1.20 bits per heavy atom. The molecule has 0 unspecified atom stereocenters. The first-order valence-corrected chi connectivity index (χ1v) is 9.99. The normalized spacial score (nSPS) is 15.8. The average Bonchev–Trinajstić information content (AvgIpc) is 3.30. The molecule has 30 heavy (non-hydrogen) atoms. The second-order valence-corrected chi connectivity index (χ2v) is 7.87. The molecule has 4 aromatic rings. The molecule has 1 amide bonds. The first-order chi connectivity index (χ1) is 14.4. The second-order valence-electron chi connectivity index (χ2n) is 7.46. The van der Waals surface area contributed by atoms with Gasteiger partial charge in [0.1, 0.15) is 11.4 Å². The first kappa shape index (κ1) is 18.6. The molecular weight excluding hydrogens is 402 g/mol. The summed E-state index contributed by atoms with van der Waals surface area (Å²) in [5.74, 6) is -0.385. The lowest BCUT2D eigenvalue weighted by molar-refractivity contribution is -0.116. The van der Waals surface area contributed by atoms with Crippen LogP contribution in [-0.2, 0) is 4.79 Å². The minimum absolute atomic E-state index is 0.0456. The molecule has 2 aromatic carbocycles. The lowest BCUT2D eigenvalue weighted by atomic mass is 9.87. The van der Waals surface area contributed by atoms with Crippen molar-refractivity contribution in [3.63, 3.8) is 0 Å². The number of aromatic nitrogens is 2. The number of anilines is 1. The molecule has 6 nitrogen and oxygen atoms in total. The van der Waals surface area contributed by atoms with Gasteiger partial charge in [-0.2, -0.15) is 5.10 Å². The molecule has 1 aliphatic heterocycles. The summed E-state index contributed by atoms with van der Waals surface area (Å²) < 4.78 is 7.43. The highest BCUT2D eigenvalue weighted by atomic mass is 35.5. The summed E-state index contributed by atoms with van der Waals surface area (Å²) in [6.45, 7) is 3.73. The molecule has 7 heteroatoms. The van der Waals surface area contributed by atoms with E-state index in [1.165, 1.54) is 0 Å². The van der Waals surface area contributed by atoms with E-state index >= 15 is 0 Å². The third kappa shape index (κ3) is 2.83. The predicted molar refractivity (Wildman–Crippen MR) is 115 cm³/mol. The molecular formula is C23H18ClN3O3. The number of carbonyl (C=O) groups excluding carboxylic acids is 2. The number of amides is 1. The van der Waals surface area contributed by atoms with Gasteiger partial charge in [0, 0.05) is 22.4 Å². The Labute approximate surface area is 177 Å². The Morgan fingerprint density at radius 2 is 2.00 bits per heavy atom. The fourth-order valence-electron chi connectivity index (χ4n) is 4.05. The summed E-state index contributed by atoms with van der Waals surface area (Å²) in [5.41, 5.74) is 3.62. The Morgan fingerprint density at radius 3 is 2.80 bits per heavy atom. The molecule has 2 aromatic heterocycles. The molecule has 1 aliphatic rings. The van der Waals surface area contributed by atoms with Gasteiger partial charge in [-0.1, -0.05) is 35.9 Å². The number of Topliss-reactive ketones (excluding diaryl/α,β-unsaturated/α-hetero) is 1. The van der Waals surface area contributed by atoms with Crippen LogP contribution in [-0.4, -0.2) is 21.5 Å². The van der Waals surface area contributed by atoms with E-state index in [4.69, 9.17) is 16.0 Å². The monoisotopic (exact) mass is 419 g/mol. The fourth-order valence-corrected chi connectivity index (χ4v) is 4.22. The molecule has 0 radical (unpaired) electrons. The standard InChI is InChI=1S/C23H18ClN3O3/c1-12-16(24)7-5-8-17(12)27-23-21(13(2)26-27)15(11-20(28)25-23)22(29)19-10-14-6-3-4-9-18(14)30-19/h3-10,15H,11H2,1-2H3,(H,25,28)/t15-/m0/s1. The van der Waals surface area contributed by atoms with Crippen molar-refractivity contribution in [2.45, 2.75) is 26.2 Å². The SMILES string of the molecule is Cc1nn(-c2cccc(Cl)c2C)c2c1[C@@H](C(=O)c1cc3ccccc3o1)CC(=O)N2. The highest BCUT2D eigenvalue weighted by Gasteiger charge is 2.37. The zero-order valence-electron chi connectivity index (χ0n) is 16.4. The summed E-state index contributed by atoms with van der Waals surface area (Å²) in [7, 11) is 0. The molecule has 150 valence electrons. The van der Waals surface area contributed by atoms with Crippen molar-refractivity contribution < 1.29 is 14.0 Å². The highest BCUT2D eigenvalue weighted by Crippen LogP contribution is 2.39. The van der Waals surface area contributed by atoms with Crippen molar-refractivity contribution in [1.82, 2.24) is 9.78 Å². The number of hydrogen-bond acceptors (Lipinski definition) is 4. The van der Waals surface area contributed by atoms with Gasteiger partial charge in [-0.25, -0.2) is 4.68 Å². The quantitative estimate of drug-likeness (QED) is 0.463. The second kappa shape index (κ2) is 6.85. The van der Waals surface area contributed by atoms with Crippen molar-refractivity contribution in [3.05, 3.63) is 76.1 Å². The molecule has 0 bridgehead atoms. The van der Waals surface area contributed by atoms with Crippen LogP contribution >= 0.6 is 11.6 Å². The molecule has 1 N–H and O–H groups in total. The lowest BCUT2D eigenvalue weighted by Crippen LogP contribution is -2.28. The molecule has 1 atom stereocenters. The van der Waals surface area contributed by atoms with Gasteiger partial charge in [0.25, 0.3) is 0 Å². The van der Waals surface area contributed by atoms with Crippen LogP contribution in [0.15, 0.2) is 52.9 Å². The van der Waals surface area contributed by atoms with Gasteiger partial charge < -0.3 is 9.73 Å². The van der Waals surface area contributed by atoms with E-state index in [0.717, 1.165) is 16.6 Å². The third-order valence-electron chi connectivity index (χ3n) is 5.55. The zero-order valence-corrected chi connectivity index (χ0v) is 17.2. The number of aryl methyl sites for hydroxylation is 1. The van der Waals surface area contributed by atoms with Crippen LogP contribution in [0.2, 0.25) is 5.02 Å². The topological polar surface area (TPSA) is 77.1 Å². The van der Waals surface area contributed by atoms with Crippen molar-refractivity contribution in [2.24, 2.45) is 0 Å². The number of rotatable bonds is 3.